The molecule has 0 aliphatic carbocycles. The van der Waals surface area contributed by atoms with Gasteiger partial charge in [0.05, 0.1) is 36.2 Å². The number of ether oxygens (including phenoxy) is 1. The van der Waals surface area contributed by atoms with Crippen molar-refractivity contribution in [2.24, 2.45) is 0 Å². The smallest absolute Gasteiger partial charge is 0.340 e. The maximum absolute atomic E-state index is 12.5. The number of carbonyl (C=O) groups excluding carboxylic acids is 1. The summed E-state index contributed by atoms with van der Waals surface area (Å²) in [5.74, 6) is 0.417. The number of benzene rings is 2. The highest BCUT2D eigenvalue weighted by Gasteiger charge is 2.22. The number of nitrogens with one attached hydrogen (secondary N) is 1. The van der Waals surface area contributed by atoms with Gasteiger partial charge < -0.3 is 9.15 Å². The zero-order valence-electron chi connectivity index (χ0n) is 16.4. The van der Waals surface area contributed by atoms with E-state index in [4.69, 9.17) is 14.1 Å². The standard InChI is InChI=1S/C24H22N2O3/c1-16-18-11-6-7-12-19(18)26-20(22(16)24(27)28-2)15-25-23(21-13-8-14-29-21)17-9-4-3-5-10-17/h3-14,23,25H,15H2,1-2H3/t23-/m1/s1. The van der Waals surface area contributed by atoms with Crippen LogP contribution in [0, 0.1) is 6.92 Å². The number of nitrogens with zero attached hydrogens (tertiary/aromatic N) is 1. The van der Waals surface area contributed by atoms with Gasteiger partial charge in [0, 0.05) is 11.9 Å². The summed E-state index contributed by atoms with van der Waals surface area (Å²) in [6, 6.07) is 21.5. The largest absolute Gasteiger partial charge is 0.467 e. The zero-order chi connectivity index (χ0) is 20.2. The van der Waals surface area contributed by atoms with Gasteiger partial charge in [0.2, 0.25) is 0 Å². The number of rotatable bonds is 6. The van der Waals surface area contributed by atoms with Gasteiger partial charge in [-0.25, -0.2) is 4.79 Å². The Labute approximate surface area is 169 Å². The molecule has 2 heterocycles. The fraction of sp³-hybridized carbons (Fsp3) is 0.167. The lowest BCUT2D eigenvalue weighted by Gasteiger charge is -2.19. The Morgan fingerprint density at radius 3 is 2.55 bits per heavy atom. The molecule has 4 rings (SSSR count). The Morgan fingerprint density at radius 2 is 1.83 bits per heavy atom. The summed E-state index contributed by atoms with van der Waals surface area (Å²) >= 11 is 0. The summed E-state index contributed by atoms with van der Waals surface area (Å²) in [4.78, 5) is 17.3. The molecule has 0 radical (unpaired) electrons. The monoisotopic (exact) mass is 386 g/mol. The highest BCUT2D eigenvalue weighted by Crippen LogP contribution is 2.26. The van der Waals surface area contributed by atoms with Gasteiger partial charge in [-0.2, -0.15) is 0 Å². The molecule has 0 unspecified atom stereocenters. The van der Waals surface area contributed by atoms with Gasteiger partial charge in [0.15, 0.2) is 0 Å². The zero-order valence-corrected chi connectivity index (χ0v) is 16.4. The summed E-state index contributed by atoms with van der Waals surface area (Å²) in [6.07, 6.45) is 1.66. The molecule has 2 aromatic carbocycles. The van der Waals surface area contributed by atoms with Crippen LogP contribution in [-0.2, 0) is 11.3 Å². The van der Waals surface area contributed by atoms with E-state index in [1.54, 1.807) is 6.26 Å². The molecule has 146 valence electrons. The van der Waals surface area contributed by atoms with Crippen LogP contribution in [-0.4, -0.2) is 18.1 Å². The Morgan fingerprint density at radius 1 is 1.07 bits per heavy atom. The summed E-state index contributed by atoms with van der Waals surface area (Å²) in [7, 11) is 1.39. The molecule has 5 nitrogen and oxygen atoms in total. The van der Waals surface area contributed by atoms with Crippen LogP contribution in [0.3, 0.4) is 0 Å². The molecular formula is C24H22N2O3. The Kier molecular flexibility index (Phi) is 5.40. The van der Waals surface area contributed by atoms with Gasteiger partial charge in [-0.05, 0) is 36.2 Å². The second-order valence-electron chi connectivity index (χ2n) is 6.81. The summed E-state index contributed by atoms with van der Waals surface area (Å²) in [5.41, 5.74) is 3.95. The first-order valence-corrected chi connectivity index (χ1v) is 9.47. The van der Waals surface area contributed by atoms with Gasteiger partial charge in [-0.3, -0.25) is 10.3 Å². The number of carbonyl (C=O) groups is 1. The third-order valence-corrected chi connectivity index (χ3v) is 5.05. The SMILES string of the molecule is COC(=O)c1c(CN[C@H](c2ccccc2)c2ccco2)nc2ccccc2c1C. The Balaban J connectivity index is 1.73. The van der Waals surface area contributed by atoms with Gasteiger partial charge in [-0.1, -0.05) is 48.5 Å². The molecule has 1 atom stereocenters. The van der Waals surface area contributed by atoms with Crippen molar-refractivity contribution in [3.63, 3.8) is 0 Å². The first-order chi connectivity index (χ1) is 14.2. The minimum Gasteiger partial charge on any atom is -0.467 e. The van der Waals surface area contributed by atoms with E-state index in [1.807, 2.05) is 73.7 Å². The average molecular weight is 386 g/mol. The molecule has 0 saturated carbocycles. The predicted octanol–water partition coefficient (Wildman–Crippen LogP) is 4.80. The summed E-state index contributed by atoms with van der Waals surface area (Å²) in [6.45, 7) is 2.32. The molecule has 0 saturated heterocycles. The van der Waals surface area contributed by atoms with Crippen LogP contribution in [0.5, 0.6) is 0 Å². The molecular weight excluding hydrogens is 364 g/mol. The number of para-hydroxylation sites is 1. The molecule has 2 aromatic heterocycles. The topological polar surface area (TPSA) is 64.4 Å². The average Bonchev–Trinajstić information content (AvgIpc) is 3.29. The minimum atomic E-state index is -0.383. The van der Waals surface area contributed by atoms with Crippen LogP contribution in [0.4, 0.5) is 0 Å². The van der Waals surface area contributed by atoms with Crippen molar-refractivity contribution >= 4 is 16.9 Å². The second-order valence-corrected chi connectivity index (χ2v) is 6.81. The Bertz CT molecular complexity index is 1120. The predicted molar refractivity (Wildman–Crippen MR) is 112 cm³/mol. The van der Waals surface area contributed by atoms with Gasteiger partial charge >= 0.3 is 5.97 Å². The van der Waals surface area contributed by atoms with Gasteiger partial charge in [0.1, 0.15) is 5.76 Å². The van der Waals surface area contributed by atoms with Gasteiger partial charge in [0.25, 0.3) is 0 Å². The van der Waals surface area contributed by atoms with Crippen molar-refractivity contribution in [3.8, 4) is 0 Å². The molecule has 0 spiro atoms. The van der Waals surface area contributed by atoms with Crippen LogP contribution in [0.2, 0.25) is 0 Å². The van der Waals surface area contributed by atoms with E-state index < -0.39 is 0 Å². The van der Waals surface area contributed by atoms with E-state index in [0.717, 1.165) is 27.8 Å². The fourth-order valence-corrected chi connectivity index (χ4v) is 3.62. The molecule has 29 heavy (non-hydrogen) atoms. The summed E-state index contributed by atoms with van der Waals surface area (Å²) < 4.78 is 10.7. The van der Waals surface area contributed by atoms with Crippen molar-refractivity contribution in [1.29, 1.82) is 0 Å². The van der Waals surface area contributed by atoms with E-state index >= 15 is 0 Å². The lowest BCUT2D eigenvalue weighted by atomic mass is 10.0. The van der Waals surface area contributed by atoms with Crippen LogP contribution in [0.15, 0.2) is 77.4 Å². The highest BCUT2D eigenvalue weighted by molar-refractivity contribution is 5.98. The van der Waals surface area contributed by atoms with Gasteiger partial charge in [-0.15, -0.1) is 0 Å². The van der Waals surface area contributed by atoms with Crippen LogP contribution < -0.4 is 5.32 Å². The number of esters is 1. The third kappa shape index (κ3) is 3.77. The number of fused-ring (bicyclic) bond motifs is 1. The third-order valence-electron chi connectivity index (χ3n) is 5.05. The molecule has 0 fully saturated rings. The number of furan rings is 1. The number of pyridine rings is 1. The Hall–Kier alpha value is -3.44. The van der Waals surface area contributed by atoms with Crippen molar-refractivity contribution in [1.82, 2.24) is 10.3 Å². The molecule has 4 aromatic rings. The van der Waals surface area contributed by atoms with Crippen molar-refractivity contribution in [2.45, 2.75) is 19.5 Å². The molecule has 0 aliphatic heterocycles. The maximum Gasteiger partial charge on any atom is 0.340 e. The van der Waals surface area contributed by atoms with E-state index in [2.05, 4.69) is 5.32 Å². The second kappa shape index (κ2) is 8.29. The van der Waals surface area contributed by atoms with Crippen molar-refractivity contribution in [2.75, 3.05) is 7.11 Å². The first kappa shape index (κ1) is 18.9. The molecule has 0 amide bonds. The lowest BCUT2D eigenvalue weighted by Crippen LogP contribution is -2.24. The summed E-state index contributed by atoms with van der Waals surface area (Å²) in [5, 5.41) is 4.45. The van der Waals surface area contributed by atoms with Crippen LogP contribution in [0.25, 0.3) is 10.9 Å². The maximum atomic E-state index is 12.5. The number of methoxy groups -OCH3 is 1. The molecule has 0 aliphatic rings. The lowest BCUT2D eigenvalue weighted by molar-refractivity contribution is 0.0598. The molecule has 0 bridgehead atoms. The quantitative estimate of drug-likeness (QED) is 0.482. The van der Waals surface area contributed by atoms with E-state index in [-0.39, 0.29) is 12.0 Å². The fourth-order valence-electron chi connectivity index (χ4n) is 3.62. The molecule has 5 heteroatoms. The normalized spacial score (nSPS) is 12.1. The van der Waals surface area contributed by atoms with Crippen molar-refractivity contribution in [3.05, 3.63) is 101 Å². The first-order valence-electron chi connectivity index (χ1n) is 9.47. The number of aryl methyl sites for hydroxylation is 1. The van der Waals surface area contributed by atoms with Crippen molar-refractivity contribution < 1.29 is 13.9 Å². The number of hydrogen-bond acceptors (Lipinski definition) is 5. The molecule has 1 N–H and O–H groups in total. The van der Waals surface area contributed by atoms with E-state index in [1.165, 1.54) is 7.11 Å². The number of hydrogen-bond donors (Lipinski definition) is 1. The van der Waals surface area contributed by atoms with Crippen LogP contribution in [0.1, 0.15) is 39.0 Å². The van der Waals surface area contributed by atoms with E-state index in [9.17, 15) is 4.79 Å². The minimum absolute atomic E-state index is 0.162. The number of aromatic nitrogens is 1. The van der Waals surface area contributed by atoms with E-state index in [0.29, 0.717) is 17.8 Å². The van der Waals surface area contributed by atoms with Crippen LogP contribution >= 0.6 is 0 Å². The highest BCUT2D eigenvalue weighted by atomic mass is 16.5.